The van der Waals surface area contributed by atoms with Gasteiger partial charge < -0.3 is 10.6 Å². The summed E-state index contributed by atoms with van der Waals surface area (Å²) >= 11 is 0. The van der Waals surface area contributed by atoms with Crippen molar-refractivity contribution < 1.29 is 48.9 Å². The third-order valence-corrected chi connectivity index (χ3v) is 8.57. The first-order valence-corrected chi connectivity index (χ1v) is 17.5. The second kappa shape index (κ2) is 15.7. The van der Waals surface area contributed by atoms with E-state index in [1.54, 1.807) is 24.3 Å². The van der Waals surface area contributed by atoms with Crippen molar-refractivity contribution in [3.63, 3.8) is 0 Å². The number of nitrogens with one attached hydrogen (secondary N) is 2. The van der Waals surface area contributed by atoms with Gasteiger partial charge in [-0.2, -0.15) is 34.8 Å². The number of carbonyl (C=O) groups excluding carboxylic acids is 2. The highest BCUT2D eigenvalue weighted by Crippen LogP contribution is 2.41. The number of amides is 2. The number of rotatable bonds is 11. The normalized spacial score (nSPS) is 13.2. The van der Waals surface area contributed by atoms with E-state index < -0.39 is 62.6 Å². The fourth-order valence-electron chi connectivity index (χ4n) is 5.14. The summed E-state index contributed by atoms with van der Waals surface area (Å²) in [4.78, 5) is 26.2. The third-order valence-electron chi connectivity index (χ3n) is 7.85. The lowest BCUT2D eigenvalue weighted by molar-refractivity contribution is -0.142. The predicted octanol–water partition coefficient (Wildman–Crippen LogP) is 9.03. The Balaban J connectivity index is 1.58. The number of alkyl halides is 6. The highest BCUT2D eigenvalue weighted by Gasteiger charge is 2.38. The number of anilines is 1. The fraction of sp³-hybridized carbons (Fsp3) is 0.263. The molecule has 3 N–H and O–H groups in total. The van der Waals surface area contributed by atoms with Gasteiger partial charge in [0.05, 0.1) is 22.8 Å². The zero-order valence-corrected chi connectivity index (χ0v) is 29.1. The van der Waals surface area contributed by atoms with Gasteiger partial charge in [-0.1, -0.05) is 87.5 Å². The fourth-order valence-corrected chi connectivity index (χ4v) is 5.50. The Labute approximate surface area is 297 Å². The van der Waals surface area contributed by atoms with Crippen LogP contribution < -0.4 is 10.6 Å². The molecule has 0 saturated heterocycles. The maximum Gasteiger partial charge on any atom is 0.417 e. The highest BCUT2D eigenvalue weighted by molar-refractivity contribution is 7.85. The van der Waals surface area contributed by atoms with Crippen LogP contribution in [-0.2, 0) is 33.7 Å². The summed E-state index contributed by atoms with van der Waals surface area (Å²) in [6.07, 6.45) is -5.84. The van der Waals surface area contributed by atoms with Crippen molar-refractivity contribution in [2.45, 2.75) is 45.5 Å². The van der Waals surface area contributed by atoms with Crippen LogP contribution in [0.4, 0.5) is 32.0 Å². The Kier molecular flexibility index (Phi) is 12.1. The van der Waals surface area contributed by atoms with Crippen LogP contribution in [0.1, 0.15) is 64.9 Å². The van der Waals surface area contributed by atoms with Crippen molar-refractivity contribution in [3.05, 3.63) is 130 Å². The number of allylic oxidation sites excluding steroid dienone is 1. The molecule has 276 valence electrons. The van der Waals surface area contributed by atoms with Crippen LogP contribution in [0.15, 0.2) is 97.1 Å². The molecule has 4 aromatic rings. The first kappa shape index (κ1) is 39.8. The Bertz CT molecular complexity index is 2020. The largest absolute Gasteiger partial charge is 0.417 e. The maximum absolute atomic E-state index is 13.8. The number of halogens is 6. The topological polar surface area (TPSA) is 113 Å². The molecule has 0 aromatic heterocycles. The Morgan fingerprint density at radius 2 is 1.42 bits per heavy atom. The predicted molar refractivity (Wildman–Crippen MR) is 187 cm³/mol. The monoisotopic (exact) mass is 746 g/mol. The Morgan fingerprint density at radius 1 is 0.808 bits per heavy atom. The summed E-state index contributed by atoms with van der Waals surface area (Å²) in [6.45, 7) is 5.87. The number of benzene rings is 4. The van der Waals surface area contributed by atoms with Gasteiger partial charge in [0, 0.05) is 17.8 Å². The van der Waals surface area contributed by atoms with Gasteiger partial charge in [0.25, 0.3) is 16.0 Å². The molecule has 1 atom stereocenters. The lowest BCUT2D eigenvalue weighted by Crippen LogP contribution is -2.28. The molecule has 0 aliphatic carbocycles. The van der Waals surface area contributed by atoms with Crippen LogP contribution in [0.2, 0.25) is 0 Å². The average molecular weight is 747 g/mol. The molecule has 4 rings (SSSR count). The Morgan fingerprint density at radius 3 is 1.96 bits per heavy atom. The van der Waals surface area contributed by atoms with Crippen molar-refractivity contribution in [3.8, 4) is 11.1 Å². The van der Waals surface area contributed by atoms with E-state index in [1.807, 2.05) is 24.3 Å². The molecule has 0 aliphatic rings. The summed E-state index contributed by atoms with van der Waals surface area (Å²) in [6, 6.07) is 20.3. The summed E-state index contributed by atoms with van der Waals surface area (Å²) < 4.78 is 112. The van der Waals surface area contributed by atoms with Gasteiger partial charge in [-0.15, -0.1) is 0 Å². The van der Waals surface area contributed by atoms with Crippen molar-refractivity contribution in [1.82, 2.24) is 5.32 Å². The zero-order chi connectivity index (χ0) is 38.5. The third kappa shape index (κ3) is 11.5. The van der Waals surface area contributed by atoms with Crippen LogP contribution in [0.3, 0.4) is 0 Å². The van der Waals surface area contributed by atoms with Gasteiger partial charge in [0.2, 0.25) is 5.91 Å². The van der Waals surface area contributed by atoms with E-state index >= 15 is 0 Å². The molecule has 0 radical (unpaired) electrons. The summed E-state index contributed by atoms with van der Waals surface area (Å²) in [5.41, 5.74) is -0.706. The van der Waals surface area contributed by atoms with E-state index in [0.29, 0.717) is 17.2 Å². The number of hydrogen-bond donors (Lipinski definition) is 3. The summed E-state index contributed by atoms with van der Waals surface area (Å²) in [5.74, 6) is -2.44. The van der Waals surface area contributed by atoms with Gasteiger partial charge >= 0.3 is 12.4 Å². The zero-order valence-electron chi connectivity index (χ0n) is 28.3. The van der Waals surface area contributed by atoms with Crippen LogP contribution in [-0.4, -0.2) is 37.1 Å². The van der Waals surface area contributed by atoms with Crippen molar-refractivity contribution >= 4 is 33.7 Å². The maximum atomic E-state index is 13.8. The molecule has 1 unspecified atom stereocenters. The smallest absolute Gasteiger partial charge is 0.351 e. The molecule has 2 amide bonds. The van der Waals surface area contributed by atoms with Gasteiger partial charge in [-0.05, 0) is 76.1 Å². The van der Waals surface area contributed by atoms with E-state index in [4.69, 9.17) is 4.55 Å². The molecule has 14 heteroatoms. The van der Waals surface area contributed by atoms with Gasteiger partial charge in [-0.25, -0.2) is 0 Å². The summed E-state index contributed by atoms with van der Waals surface area (Å²) in [7, 11) is -4.25. The molecular formula is C38H36F6N2O5S. The molecule has 7 nitrogen and oxygen atoms in total. The molecule has 0 aliphatic heterocycles. The van der Waals surface area contributed by atoms with E-state index in [9.17, 15) is 44.3 Å². The van der Waals surface area contributed by atoms with Crippen molar-refractivity contribution in [1.29, 1.82) is 0 Å². The molecule has 4 aromatic carbocycles. The van der Waals surface area contributed by atoms with Crippen LogP contribution >= 0.6 is 0 Å². The van der Waals surface area contributed by atoms with E-state index in [0.717, 1.165) is 11.6 Å². The minimum atomic E-state index is -5.06. The number of hydrogen-bond acceptors (Lipinski definition) is 4. The van der Waals surface area contributed by atoms with E-state index in [-0.39, 0.29) is 41.3 Å². The standard InChI is InChI=1S/C38H36F6N2O5S/c1-36(2,3)19-18-24-4-8-27(9-5-24)32(22-25-6-10-28(11-7-25)34(47)45-20-21-52(49,50)51)35(48)46-30-15-12-26(13-16-30)31-17-14-29(37(39,40)41)23-33(31)38(42,43)44/h4-19,23,32H,20-22H2,1-3H3,(H,45,47)(H,46,48)(H,49,50,51)/b19-18+. The van der Waals surface area contributed by atoms with E-state index in [2.05, 4.69) is 31.4 Å². The minimum absolute atomic E-state index is 0.00314. The van der Waals surface area contributed by atoms with Crippen LogP contribution in [0.25, 0.3) is 17.2 Å². The molecular weight excluding hydrogens is 710 g/mol. The van der Waals surface area contributed by atoms with Crippen molar-refractivity contribution in [2.75, 3.05) is 17.6 Å². The molecule has 0 spiro atoms. The number of carbonyl (C=O) groups is 2. The van der Waals surface area contributed by atoms with Crippen molar-refractivity contribution in [2.24, 2.45) is 5.41 Å². The van der Waals surface area contributed by atoms with Gasteiger partial charge in [0.1, 0.15) is 0 Å². The minimum Gasteiger partial charge on any atom is -0.351 e. The molecule has 52 heavy (non-hydrogen) atoms. The lowest BCUT2D eigenvalue weighted by atomic mass is 9.89. The molecule has 0 fully saturated rings. The first-order valence-electron chi connectivity index (χ1n) is 15.9. The lowest BCUT2D eigenvalue weighted by Gasteiger charge is -2.19. The summed E-state index contributed by atoms with van der Waals surface area (Å²) in [5, 5.41) is 5.18. The first-order chi connectivity index (χ1) is 24.1. The molecule has 0 bridgehead atoms. The average Bonchev–Trinajstić information content (AvgIpc) is 3.05. The van der Waals surface area contributed by atoms with Gasteiger partial charge in [-0.3, -0.25) is 14.1 Å². The van der Waals surface area contributed by atoms with Crippen LogP contribution in [0, 0.1) is 5.41 Å². The molecule has 0 heterocycles. The second-order valence-corrected chi connectivity index (χ2v) is 14.8. The second-order valence-electron chi connectivity index (χ2n) is 13.2. The van der Waals surface area contributed by atoms with E-state index in [1.165, 1.54) is 36.4 Å². The van der Waals surface area contributed by atoms with Gasteiger partial charge in [0.15, 0.2) is 0 Å². The quantitative estimate of drug-likeness (QED) is 0.105. The SMILES string of the molecule is CC(C)(C)/C=C/c1ccc(C(Cc2ccc(C(=O)NCCS(=O)(=O)O)cc2)C(=O)Nc2ccc(-c3ccc(C(F)(F)F)cc3C(F)(F)F)cc2)cc1. The Hall–Kier alpha value is -4.95. The molecule has 0 saturated carbocycles. The highest BCUT2D eigenvalue weighted by atomic mass is 32.2. The van der Waals surface area contributed by atoms with Crippen LogP contribution in [0.5, 0.6) is 0 Å².